The molecule has 0 amide bonds. The molecule has 2 fully saturated rings. The zero-order valence-corrected chi connectivity index (χ0v) is 8.85. The van der Waals surface area contributed by atoms with Crippen molar-refractivity contribution in [3.8, 4) is 0 Å². The maximum atomic E-state index is 5.81. The molecule has 2 rings (SSSR count). The van der Waals surface area contributed by atoms with Crippen LogP contribution in [0.15, 0.2) is 0 Å². The topological polar surface area (TPSA) is 18.5 Å². The molecule has 2 aliphatic heterocycles. The third-order valence-corrected chi connectivity index (χ3v) is 3.91. The Morgan fingerprint density at radius 2 is 1.42 bits per heavy atom. The summed E-state index contributed by atoms with van der Waals surface area (Å²) in [5.41, 5.74) is 0. The molecule has 0 aromatic carbocycles. The first-order chi connectivity index (χ1) is 5.49. The third-order valence-electron chi connectivity index (χ3n) is 2.52. The van der Waals surface area contributed by atoms with Gasteiger partial charge in [-0.1, -0.05) is 13.8 Å². The minimum Gasteiger partial charge on any atom is -0.343 e. The first kappa shape index (κ1) is 8.85. The summed E-state index contributed by atoms with van der Waals surface area (Å²) >= 11 is 1.96. The van der Waals surface area contributed by atoms with Crippen LogP contribution >= 0.6 is 11.8 Å². The second-order valence-corrected chi connectivity index (χ2v) is 5.87. The maximum Gasteiger partial charge on any atom is 0.163 e. The molecule has 3 heteroatoms. The summed E-state index contributed by atoms with van der Waals surface area (Å²) in [6.45, 7) is 8.43. The molecule has 2 aliphatic rings. The van der Waals surface area contributed by atoms with E-state index in [0.717, 1.165) is 0 Å². The maximum absolute atomic E-state index is 5.81. The van der Waals surface area contributed by atoms with E-state index >= 15 is 0 Å². The summed E-state index contributed by atoms with van der Waals surface area (Å²) in [4.78, 5) is 0. The van der Waals surface area contributed by atoms with Crippen LogP contribution in [0, 0.1) is 0 Å². The van der Waals surface area contributed by atoms with Crippen molar-refractivity contribution in [2.24, 2.45) is 0 Å². The summed E-state index contributed by atoms with van der Waals surface area (Å²) in [6.07, 6.45) is 0.611. The molecule has 2 saturated heterocycles. The van der Waals surface area contributed by atoms with Gasteiger partial charge in [0.2, 0.25) is 0 Å². The minimum atomic E-state index is -0.362. The molecule has 0 N–H and O–H groups in total. The molecule has 0 aliphatic carbocycles. The van der Waals surface area contributed by atoms with E-state index in [4.69, 9.17) is 9.47 Å². The van der Waals surface area contributed by atoms with Crippen molar-refractivity contribution in [3.63, 3.8) is 0 Å². The molecule has 2 heterocycles. The van der Waals surface area contributed by atoms with Crippen molar-refractivity contribution >= 4 is 11.8 Å². The van der Waals surface area contributed by atoms with Gasteiger partial charge in [-0.3, -0.25) is 0 Å². The van der Waals surface area contributed by atoms with Gasteiger partial charge in [-0.15, -0.1) is 0 Å². The van der Waals surface area contributed by atoms with Gasteiger partial charge in [0.25, 0.3) is 0 Å². The average Bonchev–Trinajstić information content (AvgIpc) is 2.34. The second-order valence-electron chi connectivity index (χ2n) is 4.11. The van der Waals surface area contributed by atoms with E-state index in [2.05, 4.69) is 13.8 Å². The lowest BCUT2D eigenvalue weighted by atomic mass is 10.1. The van der Waals surface area contributed by atoms with Crippen molar-refractivity contribution in [3.05, 3.63) is 0 Å². The largest absolute Gasteiger partial charge is 0.343 e. The van der Waals surface area contributed by atoms with Crippen LogP contribution < -0.4 is 0 Å². The second kappa shape index (κ2) is 2.63. The standard InChI is InChI=1S/C9H16O2S/c1-5-7-8(6(2)12-5)11-9(3,4)10-7/h5-8H,1-4H3/t5-,6-,7+,8+/m0/s1. The Kier molecular flexibility index (Phi) is 1.94. The van der Waals surface area contributed by atoms with Crippen LogP contribution in [0.2, 0.25) is 0 Å². The molecule has 0 bridgehead atoms. The van der Waals surface area contributed by atoms with Gasteiger partial charge >= 0.3 is 0 Å². The normalized spacial score (nSPS) is 51.0. The predicted octanol–water partition coefficient (Wildman–Crippen LogP) is 2.03. The molecule has 12 heavy (non-hydrogen) atoms. The monoisotopic (exact) mass is 188 g/mol. The van der Waals surface area contributed by atoms with Gasteiger partial charge in [-0.25, -0.2) is 0 Å². The first-order valence-electron chi connectivity index (χ1n) is 4.51. The van der Waals surface area contributed by atoms with E-state index in [0.29, 0.717) is 22.7 Å². The third kappa shape index (κ3) is 1.28. The van der Waals surface area contributed by atoms with Crippen LogP contribution in [-0.2, 0) is 9.47 Å². The van der Waals surface area contributed by atoms with Crippen LogP contribution in [0.1, 0.15) is 27.7 Å². The highest BCUT2D eigenvalue weighted by Gasteiger charge is 2.51. The van der Waals surface area contributed by atoms with Gasteiger partial charge in [0.1, 0.15) is 0 Å². The summed E-state index contributed by atoms with van der Waals surface area (Å²) in [7, 11) is 0. The molecule has 0 radical (unpaired) electrons. The van der Waals surface area contributed by atoms with Crippen LogP contribution in [0.4, 0.5) is 0 Å². The Morgan fingerprint density at radius 1 is 1.00 bits per heavy atom. The molecule has 0 spiro atoms. The van der Waals surface area contributed by atoms with Gasteiger partial charge in [0.15, 0.2) is 5.79 Å². The summed E-state index contributed by atoms with van der Waals surface area (Å²) in [5.74, 6) is -0.362. The van der Waals surface area contributed by atoms with Crippen molar-refractivity contribution in [1.29, 1.82) is 0 Å². The van der Waals surface area contributed by atoms with Crippen LogP contribution in [0.3, 0.4) is 0 Å². The molecule has 0 aromatic rings. The van der Waals surface area contributed by atoms with E-state index in [-0.39, 0.29) is 5.79 Å². The fourth-order valence-corrected chi connectivity index (χ4v) is 3.44. The van der Waals surface area contributed by atoms with E-state index < -0.39 is 0 Å². The van der Waals surface area contributed by atoms with Crippen molar-refractivity contribution in [2.45, 2.75) is 56.2 Å². The molecule has 2 nitrogen and oxygen atoms in total. The fourth-order valence-electron chi connectivity index (χ4n) is 2.04. The number of hydrogen-bond acceptors (Lipinski definition) is 3. The Morgan fingerprint density at radius 3 is 1.83 bits per heavy atom. The Hall–Kier alpha value is 0.270. The SMILES string of the molecule is C[C@@H]1S[C@@H](C)[C@H]2OC(C)(C)O[C@@H]21. The highest BCUT2D eigenvalue weighted by molar-refractivity contribution is 8.00. The van der Waals surface area contributed by atoms with Crippen molar-refractivity contribution in [2.75, 3.05) is 0 Å². The molecule has 0 aromatic heterocycles. The zero-order valence-electron chi connectivity index (χ0n) is 8.03. The average molecular weight is 188 g/mol. The lowest BCUT2D eigenvalue weighted by Crippen LogP contribution is -2.27. The van der Waals surface area contributed by atoms with E-state index in [9.17, 15) is 0 Å². The number of hydrogen-bond donors (Lipinski definition) is 0. The van der Waals surface area contributed by atoms with Gasteiger partial charge < -0.3 is 9.47 Å². The van der Waals surface area contributed by atoms with Crippen molar-refractivity contribution < 1.29 is 9.47 Å². The lowest BCUT2D eigenvalue weighted by Gasteiger charge is -2.20. The number of fused-ring (bicyclic) bond motifs is 1. The molecule has 4 atom stereocenters. The minimum absolute atomic E-state index is 0.306. The Balaban J connectivity index is 2.15. The molecular weight excluding hydrogens is 172 g/mol. The van der Waals surface area contributed by atoms with Gasteiger partial charge in [0, 0.05) is 10.5 Å². The molecule has 0 unspecified atom stereocenters. The smallest absolute Gasteiger partial charge is 0.163 e. The molecule has 0 saturated carbocycles. The quantitative estimate of drug-likeness (QED) is 0.579. The van der Waals surface area contributed by atoms with Crippen LogP contribution in [0.25, 0.3) is 0 Å². The first-order valence-corrected chi connectivity index (χ1v) is 5.45. The van der Waals surface area contributed by atoms with Gasteiger partial charge in [0.05, 0.1) is 12.2 Å². The molecule has 70 valence electrons. The van der Waals surface area contributed by atoms with E-state index in [1.54, 1.807) is 0 Å². The highest BCUT2D eigenvalue weighted by atomic mass is 32.2. The van der Waals surface area contributed by atoms with Crippen molar-refractivity contribution in [1.82, 2.24) is 0 Å². The lowest BCUT2D eigenvalue weighted by molar-refractivity contribution is -0.146. The summed E-state index contributed by atoms with van der Waals surface area (Å²) in [5, 5.41) is 1.15. The van der Waals surface area contributed by atoms with Crippen LogP contribution in [0.5, 0.6) is 0 Å². The highest BCUT2D eigenvalue weighted by Crippen LogP contribution is 2.45. The fraction of sp³-hybridized carbons (Fsp3) is 1.00. The number of rotatable bonds is 0. The predicted molar refractivity (Wildman–Crippen MR) is 50.3 cm³/mol. The van der Waals surface area contributed by atoms with Gasteiger partial charge in [-0.05, 0) is 13.8 Å². The van der Waals surface area contributed by atoms with E-state index in [1.165, 1.54) is 0 Å². The van der Waals surface area contributed by atoms with E-state index in [1.807, 2.05) is 25.6 Å². The van der Waals surface area contributed by atoms with Crippen LogP contribution in [-0.4, -0.2) is 28.5 Å². The summed E-state index contributed by atoms with van der Waals surface area (Å²) in [6, 6.07) is 0. The molecular formula is C9H16O2S. The Labute approximate surface area is 78.0 Å². The Bertz CT molecular complexity index is 175. The number of ether oxygens (including phenoxy) is 2. The zero-order chi connectivity index (χ0) is 8.93. The number of thioether (sulfide) groups is 1. The summed E-state index contributed by atoms with van der Waals surface area (Å²) < 4.78 is 11.6. The van der Waals surface area contributed by atoms with Gasteiger partial charge in [-0.2, -0.15) is 11.8 Å².